The summed E-state index contributed by atoms with van der Waals surface area (Å²) in [6.45, 7) is 0. The molecule has 172 valence electrons. The van der Waals surface area contributed by atoms with Gasteiger partial charge in [-0.2, -0.15) is 5.26 Å². The van der Waals surface area contributed by atoms with Gasteiger partial charge >= 0.3 is 5.97 Å². The Morgan fingerprint density at radius 3 is 2.20 bits per heavy atom. The lowest BCUT2D eigenvalue weighted by Crippen LogP contribution is -2.32. The predicted molar refractivity (Wildman–Crippen MR) is 135 cm³/mol. The van der Waals surface area contributed by atoms with Gasteiger partial charge in [0.2, 0.25) is 0 Å². The highest BCUT2D eigenvalue weighted by atomic mass is 32.1. The molecule has 1 amide bonds. The van der Waals surface area contributed by atoms with Crippen LogP contribution in [-0.2, 0) is 9.53 Å². The smallest absolute Gasteiger partial charge is 0.337 e. The topological polar surface area (TPSA) is 101 Å². The fourth-order valence-electron chi connectivity index (χ4n) is 3.36. The maximum atomic E-state index is 13.4. The van der Waals surface area contributed by atoms with Gasteiger partial charge in [0.1, 0.15) is 10.7 Å². The molecule has 0 saturated carbocycles. The zero-order chi connectivity index (χ0) is 24.8. The number of nitriles is 1. The number of amides is 1. The van der Waals surface area contributed by atoms with E-state index in [1.54, 1.807) is 78.9 Å². The third-order valence-corrected chi connectivity index (χ3v) is 6.14. The van der Waals surface area contributed by atoms with Gasteiger partial charge in [0.15, 0.2) is 5.57 Å². The molecule has 0 aliphatic rings. The molecular formula is C27H19N3O4S. The molecule has 8 heteroatoms. The average molecular weight is 482 g/mol. The number of benzene rings is 3. The number of anilines is 1. The minimum atomic E-state index is -0.612. The molecule has 35 heavy (non-hydrogen) atoms. The van der Waals surface area contributed by atoms with Crippen LogP contribution >= 0.6 is 11.3 Å². The van der Waals surface area contributed by atoms with E-state index in [1.807, 2.05) is 18.2 Å². The number of methoxy groups -OCH3 is 1. The van der Waals surface area contributed by atoms with Crippen LogP contribution in [0.1, 0.15) is 15.9 Å². The maximum absolute atomic E-state index is 13.4. The minimum absolute atomic E-state index is 0.180. The lowest BCUT2D eigenvalue weighted by molar-refractivity contribution is -0.111. The van der Waals surface area contributed by atoms with Crippen molar-refractivity contribution in [2.75, 3.05) is 12.4 Å². The van der Waals surface area contributed by atoms with Crippen LogP contribution in [0.25, 0.3) is 17.3 Å². The third-order valence-electron chi connectivity index (χ3n) is 5.05. The molecule has 1 aromatic heterocycles. The SMILES string of the molecule is COC(=O)c1ccc(C=c2sc(=C(C#N)C(=O)Nc3ccccc3)n(-c3ccccc3)c2=O)cc1. The molecule has 4 aromatic rings. The largest absolute Gasteiger partial charge is 0.465 e. The third kappa shape index (κ3) is 5.11. The van der Waals surface area contributed by atoms with Crippen LogP contribution in [0.15, 0.2) is 89.7 Å². The molecule has 4 rings (SSSR count). The summed E-state index contributed by atoms with van der Waals surface area (Å²) in [6, 6.07) is 26.1. The van der Waals surface area contributed by atoms with Crippen molar-refractivity contribution in [3.8, 4) is 11.8 Å². The lowest BCUT2D eigenvalue weighted by atomic mass is 10.1. The van der Waals surface area contributed by atoms with Gasteiger partial charge in [-0.1, -0.05) is 48.5 Å². The van der Waals surface area contributed by atoms with E-state index < -0.39 is 11.9 Å². The molecule has 7 nitrogen and oxygen atoms in total. The van der Waals surface area contributed by atoms with Gasteiger partial charge in [-0.05, 0) is 48.0 Å². The number of aromatic nitrogens is 1. The highest BCUT2D eigenvalue weighted by molar-refractivity contribution is 7.07. The number of hydrogen-bond acceptors (Lipinski definition) is 6. The van der Waals surface area contributed by atoms with E-state index >= 15 is 0 Å². The molecule has 0 radical (unpaired) electrons. The van der Waals surface area contributed by atoms with Gasteiger partial charge < -0.3 is 10.1 Å². The van der Waals surface area contributed by atoms with Crippen LogP contribution in [0.5, 0.6) is 0 Å². The zero-order valence-corrected chi connectivity index (χ0v) is 19.4. The number of thiazole rings is 1. The molecule has 0 spiro atoms. The number of rotatable bonds is 5. The second-order valence-electron chi connectivity index (χ2n) is 7.31. The number of ether oxygens (including phenoxy) is 1. The van der Waals surface area contributed by atoms with Crippen LogP contribution in [0.2, 0.25) is 0 Å². The van der Waals surface area contributed by atoms with Crippen molar-refractivity contribution >= 4 is 40.5 Å². The maximum Gasteiger partial charge on any atom is 0.337 e. The second kappa shape index (κ2) is 10.5. The fraction of sp³-hybridized carbons (Fsp3) is 0.0370. The number of carbonyl (C=O) groups excluding carboxylic acids is 2. The highest BCUT2D eigenvalue weighted by Gasteiger charge is 2.17. The second-order valence-corrected chi connectivity index (χ2v) is 8.34. The first kappa shape index (κ1) is 23.4. The number of hydrogen-bond donors (Lipinski definition) is 1. The Bertz CT molecular complexity index is 1600. The highest BCUT2D eigenvalue weighted by Crippen LogP contribution is 2.10. The van der Waals surface area contributed by atoms with Gasteiger partial charge in [0.25, 0.3) is 11.5 Å². The molecule has 0 unspecified atom stereocenters. The van der Waals surface area contributed by atoms with Gasteiger partial charge in [0.05, 0.1) is 22.9 Å². The average Bonchev–Trinajstić information content (AvgIpc) is 3.20. The van der Waals surface area contributed by atoms with E-state index in [9.17, 15) is 19.6 Å². The molecule has 0 saturated heterocycles. The number of esters is 1. The Morgan fingerprint density at radius 2 is 1.60 bits per heavy atom. The van der Waals surface area contributed by atoms with Gasteiger partial charge in [-0.3, -0.25) is 14.2 Å². The standard InChI is InChI=1S/C27H19N3O4S/c1-34-27(33)19-14-12-18(13-15-19)16-23-25(32)30(21-10-6-3-7-11-21)26(35-23)22(17-28)24(31)29-20-8-4-2-5-9-20/h2-16H,1H3,(H,29,31). The molecule has 0 aliphatic heterocycles. The summed E-state index contributed by atoms with van der Waals surface area (Å²) in [5.41, 5.74) is 1.58. The van der Waals surface area contributed by atoms with Crippen LogP contribution in [0, 0.1) is 11.3 Å². The van der Waals surface area contributed by atoms with E-state index in [1.165, 1.54) is 11.7 Å². The predicted octanol–water partition coefficient (Wildman–Crippen LogP) is 2.83. The summed E-state index contributed by atoms with van der Waals surface area (Å²) in [4.78, 5) is 38.1. The summed E-state index contributed by atoms with van der Waals surface area (Å²) in [7, 11) is 1.30. The summed E-state index contributed by atoms with van der Waals surface area (Å²) >= 11 is 1.05. The molecule has 0 aliphatic carbocycles. The van der Waals surface area contributed by atoms with Crippen LogP contribution < -0.4 is 20.1 Å². The van der Waals surface area contributed by atoms with E-state index in [0.29, 0.717) is 27.0 Å². The van der Waals surface area contributed by atoms with E-state index in [2.05, 4.69) is 5.32 Å². The summed E-state index contributed by atoms with van der Waals surface area (Å²) in [5, 5.41) is 12.6. The first-order valence-electron chi connectivity index (χ1n) is 10.5. The van der Waals surface area contributed by atoms with Crippen molar-refractivity contribution in [3.63, 3.8) is 0 Å². The molecule has 0 fully saturated rings. The minimum Gasteiger partial charge on any atom is -0.465 e. The monoisotopic (exact) mass is 481 g/mol. The number of nitrogens with one attached hydrogen (secondary N) is 1. The van der Waals surface area contributed by atoms with Crippen molar-refractivity contribution in [2.45, 2.75) is 0 Å². The fourth-order valence-corrected chi connectivity index (χ4v) is 4.46. The number of nitrogens with zero attached hydrogens (tertiary/aromatic N) is 2. The van der Waals surface area contributed by atoms with Gasteiger partial charge in [-0.25, -0.2) is 4.79 Å². The zero-order valence-electron chi connectivity index (χ0n) is 18.6. The first-order chi connectivity index (χ1) is 17.0. The molecule has 1 heterocycles. The Kier molecular flexibility index (Phi) is 7.00. The number of para-hydroxylation sites is 2. The summed E-state index contributed by atoms with van der Waals surface area (Å²) in [5.74, 6) is -1.07. The summed E-state index contributed by atoms with van der Waals surface area (Å²) < 4.78 is 6.62. The molecule has 0 atom stereocenters. The van der Waals surface area contributed by atoms with Crippen LogP contribution in [0.4, 0.5) is 5.69 Å². The van der Waals surface area contributed by atoms with E-state index in [4.69, 9.17) is 4.74 Å². The van der Waals surface area contributed by atoms with Crippen molar-refractivity contribution in [3.05, 3.63) is 116 Å². The van der Waals surface area contributed by atoms with E-state index in [0.717, 1.165) is 11.3 Å². The van der Waals surface area contributed by atoms with Crippen molar-refractivity contribution in [1.82, 2.24) is 4.57 Å². The van der Waals surface area contributed by atoms with Gasteiger partial charge in [0, 0.05) is 5.69 Å². The number of carbonyl (C=O) groups is 2. The van der Waals surface area contributed by atoms with E-state index in [-0.39, 0.29) is 15.8 Å². The normalized spacial score (nSPS) is 11.9. The Morgan fingerprint density at radius 1 is 0.971 bits per heavy atom. The first-order valence-corrected chi connectivity index (χ1v) is 11.3. The van der Waals surface area contributed by atoms with Crippen LogP contribution in [-0.4, -0.2) is 23.6 Å². The molecular weight excluding hydrogens is 462 g/mol. The van der Waals surface area contributed by atoms with Crippen LogP contribution in [0.3, 0.4) is 0 Å². The summed E-state index contributed by atoms with van der Waals surface area (Å²) in [6.07, 6.45) is 1.65. The molecule has 0 bridgehead atoms. The van der Waals surface area contributed by atoms with Crippen molar-refractivity contribution in [2.24, 2.45) is 0 Å². The quantitative estimate of drug-likeness (QED) is 0.442. The lowest BCUT2D eigenvalue weighted by Gasteiger charge is -2.05. The van der Waals surface area contributed by atoms with Gasteiger partial charge in [-0.15, -0.1) is 11.3 Å². The molecule has 1 N–H and O–H groups in total. The van der Waals surface area contributed by atoms with Crippen molar-refractivity contribution in [1.29, 1.82) is 5.26 Å². The Labute approximate surface area is 204 Å². The molecule has 3 aromatic carbocycles. The Hall–Kier alpha value is -4.74. The van der Waals surface area contributed by atoms with Crippen molar-refractivity contribution < 1.29 is 14.3 Å². The Balaban J connectivity index is 1.90.